The fraction of sp³-hybridized carbons (Fsp3) is 0.300. The number of hydrogen-bond donors (Lipinski definition) is 1. The van der Waals surface area contributed by atoms with E-state index in [-0.39, 0.29) is 12.1 Å². The number of rotatable bonds is 9. The van der Waals surface area contributed by atoms with E-state index in [2.05, 4.69) is 55.2 Å². The SMILES string of the molecule is C=CC[C@@H](NCc1ccccc1)[C@H](C)OCc1ccccc1. The maximum atomic E-state index is 6.02. The summed E-state index contributed by atoms with van der Waals surface area (Å²) < 4.78 is 6.02. The van der Waals surface area contributed by atoms with Crippen molar-refractivity contribution >= 4 is 0 Å². The summed E-state index contributed by atoms with van der Waals surface area (Å²) in [5, 5.41) is 3.58. The molecule has 0 aliphatic carbocycles. The highest BCUT2D eigenvalue weighted by Crippen LogP contribution is 2.10. The van der Waals surface area contributed by atoms with Crippen molar-refractivity contribution in [1.82, 2.24) is 5.32 Å². The largest absolute Gasteiger partial charge is 0.372 e. The third-order valence-electron chi connectivity index (χ3n) is 3.75. The Morgan fingerprint density at radius 2 is 1.59 bits per heavy atom. The average Bonchev–Trinajstić information content (AvgIpc) is 2.58. The van der Waals surface area contributed by atoms with E-state index in [0.717, 1.165) is 13.0 Å². The number of benzene rings is 2. The summed E-state index contributed by atoms with van der Waals surface area (Å²) in [6, 6.07) is 21.0. The Morgan fingerprint density at radius 3 is 2.18 bits per heavy atom. The van der Waals surface area contributed by atoms with E-state index in [0.29, 0.717) is 6.61 Å². The van der Waals surface area contributed by atoms with Gasteiger partial charge in [-0.15, -0.1) is 6.58 Å². The number of hydrogen-bond acceptors (Lipinski definition) is 2. The lowest BCUT2D eigenvalue weighted by molar-refractivity contribution is 0.0272. The Hall–Kier alpha value is -1.90. The van der Waals surface area contributed by atoms with Crippen LogP contribution in [0.5, 0.6) is 0 Å². The Labute approximate surface area is 133 Å². The van der Waals surface area contributed by atoms with Crippen LogP contribution >= 0.6 is 0 Å². The van der Waals surface area contributed by atoms with Gasteiger partial charge in [-0.1, -0.05) is 66.7 Å². The fourth-order valence-electron chi connectivity index (χ4n) is 2.38. The molecule has 0 fully saturated rings. The van der Waals surface area contributed by atoms with Gasteiger partial charge in [0.1, 0.15) is 0 Å². The van der Waals surface area contributed by atoms with Crippen molar-refractivity contribution in [2.24, 2.45) is 0 Å². The summed E-state index contributed by atoms with van der Waals surface area (Å²) in [6.45, 7) is 7.47. The van der Waals surface area contributed by atoms with Crippen molar-refractivity contribution in [3.05, 3.63) is 84.4 Å². The zero-order chi connectivity index (χ0) is 15.6. The summed E-state index contributed by atoms with van der Waals surface area (Å²) in [5.74, 6) is 0. The van der Waals surface area contributed by atoms with Gasteiger partial charge in [-0.25, -0.2) is 0 Å². The summed E-state index contributed by atoms with van der Waals surface area (Å²) in [6.07, 6.45) is 2.97. The van der Waals surface area contributed by atoms with E-state index >= 15 is 0 Å². The lowest BCUT2D eigenvalue weighted by Gasteiger charge is -2.25. The van der Waals surface area contributed by atoms with E-state index in [1.165, 1.54) is 11.1 Å². The topological polar surface area (TPSA) is 21.3 Å². The number of nitrogens with one attached hydrogen (secondary N) is 1. The third-order valence-corrected chi connectivity index (χ3v) is 3.75. The van der Waals surface area contributed by atoms with E-state index in [1.54, 1.807) is 0 Å². The van der Waals surface area contributed by atoms with Crippen LogP contribution < -0.4 is 5.32 Å². The van der Waals surface area contributed by atoms with Crippen LogP contribution in [0.4, 0.5) is 0 Å². The van der Waals surface area contributed by atoms with E-state index < -0.39 is 0 Å². The molecule has 0 aromatic heterocycles. The molecule has 116 valence electrons. The van der Waals surface area contributed by atoms with Crippen LogP contribution in [-0.4, -0.2) is 12.1 Å². The van der Waals surface area contributed by atoms with E-state index in [4.69, 9.17) is 4.74 Å². The second-order valence-electron chi connectivity index (χ2n) is 5.50. The van der Waals surface area contributed by atoms with Gasteiger partial charge in [-0.2, -0.15) is 0 Å². The average molecular weight is 295 g/mol. The van der Waals surface area contributed by atoms with E-state index in [9.17, 15) is 0 Å². The molecule has 2 heteroatoms. The van der Waals surface area contributed by atoms with Crippen molar-refractivity contribution in [3.63, 3.8) is 0 Å². The molecule has 2 rings (SSSR count). The first-order valence-corrected chi connectivity index (χ1v) is 7.83. The molecule has 0 aliphatic rings. The first kappa shape index (κ1) is 16.5. The summed E-state index contributed by atoms with van der Waals surface area (Å²) in [5.41, 5.74) is 2.49. The van der Waals surface area contributed by atoms with Gasteiger partial charge in [0.2, 0.25) is 0 Å². The zero-order valence-corrected chi connectivity index (χ0v) is 13.2. The quantitative estimate of drug-likeness (QED) is 0.695. The molecule has 1 N–H and O–H groups in total. The molecule has 0 unspecified atom stereocenters. The smallest absolute Gasteiger partial charge is 0.0721 e. The molecule has 0 saturated heterocycles. The molecule has 0 bridgehead atoms. The highest BCUT2D eigenvalue weighted by atomic mass is 16.5. The molecular formula is C20H25NO. The molecule has 0 amide bonds. The Kier molecular flexibility index (Phi) is 6.88. The first-order chi connectivity index (χ1) is 10.8. The van der Waals surface area contributed by atoms with Crippen LogP contribution in [0.3, 0.4) is 0 Å². The molecule has 0 heterocycles. The summed E-state index contributed by atoms with van der Waals surface area (Å²) in [7, 11) is 0. The monoisotopic (exact) mass is 295 g/mol. The molecule has 22 heavy (non-hydrogen) atoms. The molecule has 2 aromatic carbocycles. The Morgan fingerprint density at radius 1 is 1.00 bits per heavy atom. The maximum absolute atomic E-state index is 6.02. The molecule has 0 saturated carbocycles. The lowest BCUT2D eigenvalue weighted by Crippen LogP contribution is -2.39. The highest BCUT2D eigenvalue weighted by Gasteiger charge is 2.16. The second kappa shape index (κ2) is 9.19. The van der Waals surface area contributed by atoms with Crippen LogP contribution in [0.2, 0.25) is 0 Å². The van der Waals surface area contributed by atoms with Gasteiger partial charge in [-0.3, -0.25) is 0 Å². The van der Waals surface area contributed by atoms with Gasteiger partial charge < -0.3 is 10.1 Å². The standard InChI is InChI=1S/C20H25NO/c1-3-10-20(21-15-18-11-6-4-7-12-18)17(2)22-16-19-13-8-5-9-14-19/h3-9,11-14,17,20-21H,1,10,15-16H2,2H3/t17-,20+/m0/s1. The molecule has 2 atom stereocenters. The van der Waals surface area contributed by atoms with Crippen molar-refractivity contribution in [2.75, 3.05) is 0 Å². The maximum Gasteiger partial charge on any atom is 0.0721 e. The van der Waals surface area contributed by atoms with E-state index in [1.807, 2.05) is 30.3 Å². The molecule has 0 radical (unpaired) electrons. The second-order valence-corrected chi connectivity index (χ2v) is 5.50. The summed E-state index contributed by atoms with van der Waals surface area (Å²) in [4.78, 5) is 0. The molecule has 2 aromatic rings. The van der Waals surface area contributed by atoms with Gasteiger partial charge in [0, 0.05) is 12.6 Å². The molecule has 0 aliphatic heterocycles. The summed E-state index contributed by atoms with van der Waals surface area (Å²) >= 11 is 0. The van der Waals surface area contributed by atoms with Crippen LogP contribution in [0.15, 0.2) is 73.3 Å². The van der Waals surface area contributed by atoms with Crippen molar-refractivity contribution in [1.29, 1.82) is 0 Å². The number of ether oxygens (including phenoxy) is 1. The highest BCUT2D eigenvalue weighted by molar-refractivity contribution is 5.15. The lowest BCUT2D eigenvalue weighted by atomic mass is 10.1. The van der Waals surface area contributed by atoms with Gasteiger partial charge in [0.05, 0.1) is 12.7 Å². The predicted molar refractivity (Wildman–Crippen MR) is 92.6 cm³/mol. The van der Waals surface area contributed by atoms with Crippen molar-refractivity contribution < 1.29 is 4.74 Å². The fourth-order valence-corrected chi connectivity index (χ4v) is 2.38. The minimum atomic E-state index is 0.127. The van der Waals surface area contributed by atoms with Gasteiger partial charge >= 0.3 is 0 Å². The van der Waals surface area contributed by atoms with Gasteiger partial charge in [0.15, 0.2) is 0 Å². The van der Waals surface area contributed by atoms with Gasteiger partial charge in [-0.05, 0) is 24.5 Å². The minimum absolute atomic E-state index is 0.127. The van der Waals surface area contributed by atoms with Crippen molar-refractivity contribution in [2.45, 2.75) is 38.6 Å². The predicted octanol–water partition coefficient (Wildman–Crippen LogP) is 4.33. The minimum Gasteiger partial charge on any atom is -0.372 e. The van der Waals surface area contributed by atoms with Crippen LogP contribution in [0.1, 0.15) is 24.5 Å². The van der Waals surface area contributed by atoms with Crippen LogP contribution in [0.25, 0.3) is 0 Å². The van der Waals surface area contributed by atoms with Crippen LogP contribution in [0, 0.1) is 0 Å². The third kappa shape index (κ3) is 5.47. The zero-order valence-electron chi connectivity index (χ0n) is 13.2. The van der Waals surface area contributed by atoms with Crippen molar-refractivity contribution in [3.8, 4) is 0 Å². The van der Waals surface area contributed by atoms with Crippen LogP contribution in [-0.2, 0) is 17.9 Å². The molecular weight excluding hydrogens is 270 g/mol. The molecule has 0 spiro atoms. The molecule has 2 nitrogen and oxygen atoms in total. The first-order valence-electron chi connectivity index (χ1n) is 7.83. The Balaban J connectivity index is 1.85. The van der Waals surface area contributed by atoms with Gasteiger partial charge in [0.25, 0.3) is 0 Å². The Bertz CT molecular complexity index is 538. The normalized spacial score (nSPS) is 13.5.